The molecule has 0 spiro atoms. The van der Waals surface area contributed by atoms with E-state index >= 15 is 0 Å². The molecule has 2 aromatic rings. The maximum Gasteiger partial charge on any atom is 0.406 e. The number of nitrogens with one attached hydrogen (secondary N) is 1. The maximum atomic E-state index is 13.1. The highest BCUT2D eigenvalue weighted by atomic mass is 32.2. The third-order valence-electron chi connectivity index (χ3n) is 4.59. The molecule has 8 heteroatoms. The van der Waals surface area contributed by atoms with E-state index in [4.69, 9.17) is 0 Å². The second-order valence-electron chi connectivity index (χ2n) is 6.70. The molecule has 1 saturated heterocycles. The van der Waals surface area contributed by atoms with Gasteiger partial charge in [-0.15, -0.1) is 0 Å². The number of alkyl halides is 3. The average molecular weight is 398 g/mol. The minimum Gasteiger partial charge on any atom is -0.382 e. The molecule has 0 amide bonds. The largest absolute Gasteiger partial charge is 0.406 e. The van der Waals surface area contributed by atoms with Crippen molar-refractivity contribution in [2.75, 3.05) is 16.8 Å². The van der Waals surface area contributed by atoms with Crippen molar-refractivity contribution in [3.05, 3.63) is 30.0 Å². The summed E-state index contributed by atoms with van der Waals surface area (Å²) in [4.78, 5) is 0. The van der Waals surface area contributed by atoms with E-state index in [0.29, 0.717) is 41.5 Å². The van der Waals surface area contributed by atoms with Crippen LogP contribution in [0.3, 0.4) is 0 Å². The quantitative estimate of drug-likeness (QED) is 0.797. The molecular formula is C19H21F3N2O2S. The van der Waals surface area contributed by atoms with Crippen molar-refractivity contribution in [1.82, 2.24) is 4.57 Å². The Kier molecular flexibility index (Phi) is 5.43. The Bertz CT molecular complexity index is 984. The number of sulfone groups is 1. The molecule has 1 aliphatic rings. The topological polar surface area (TPSA) is 51.1 Å². The lowest BCUT2D eigenvalue weighted by atomic mass is 10.1. The van der Waals surface area contributed by atoms with Crippen molar-refractivity contribution in [2.24, 2.45) is 0 Å². The first-order valence-electron chi connectivity index (χ1n) is 8.83. The second kappa shape index (κ2) is 7.47. The van der Waals surface area contributed by atoms with Crippen LogP contribution in [-0.2, 0) is 16.4 Å². The summed E-state index contributed by atoms with van der Waals surface area (Å²) < 4.78 is 63.5. The third kappa shape index (κ3) is 4.78. The molecule has 4 nitrogen and oxygen atoms in total. The lowest BCUT2D eigenvalue weighted by Gasteiger charge is -2.24. The van der Waals surface area contributed by atoms with Gasteiger partial charge in [0.2, 0.25) is 0 Å². The molecule has 0 bridgehead atoms. The van der Waals surface area contributed by atoms with Crippen molar-refractivity contribution in [3.63, 3.8) is 0 Å². The van der Waals surface area contributed by atoms with Crippen molar-refractivity contribution in [3.8, 4) is 11.8 Å². The van der Waals surface area contributed by atoms with E-state index < -0.39 is 22.6 Å². The van der Waals surface area contributed by atoms with Crippen LogP contribution in [0.25, 0.3) is 10.9 Å². The predicted molar refractivity (Wildman–Crippen MR) is 100 cm³/mol. The number of rotatable bonds is 3. The van der Waals surface area contributed by atoms with Gasteiger partial charge in [-0.2, -0.15) is 13.2 Å². The number of benzene rings is 1. The van der Waals surface area contributed by atoms with Crippen LogP contribution >= 0.6 is 0 Å². The Balaban J connectivity index is 1.98. The van der Waals surface area contributed by atoms with Gasteiger partial charge in [0.05, 0.1) is 22.7 Å². The Morgan fingerprint density at radius 3 is 2.59 bits per heavy atom. The Morgan fingerprint density at radius 1 is 1.26 bits per heavy atom. The molecular weight excluding hydrogens is 377 g/mol. The predicted octanol–water partition coefficient (Wildman–Crippen LogP) is 3.95. The van der Waals surface area contributed by atoms with Crippen LogP contribution < -0.4 is 5.32 Å². The second-order valence-corrected chi connectivity index (χ2v) is 9.00. The number of hydrogen-bond donors (Lipinski definition) is 1. The standard InChI is InChI=1S/C19H21F3N2O2S/c1-2-3-5-15-12-16-17(23-14-8-10-27(25,26)11-9-14)6-4-7-18(16)24(15)13-19(20,21)22/h4,6-7,12,14,23H,2,8-11,13H2,1H3. The Labute approximate surface area is 156 Å². The first-order chi connectivity index (χ1) is 12.7. The minimum absolute atomic E-state index is 0.0183. The summed E-state index contributed by atoms with van der Waals surface area (Å²) in [6.45, 7) is 0.739. The number of aromatic nitrogens is 1. The van der Waals surface area contributed by atoms with E-state index in [0.717, 1.165) is 0 Å². The first-order valence-corrected chi connectivity index (χ1v) is 10.7. The fourth-order valence-electron chi connectivity index (χ4n) is 3.30. The van der Waals surface area contributed by atoms with Gasteiger partial charge >= 0.3 is 6.18 Å². The van der Waals surface area contributed by atoms with E-state index in [1.54, 1.807) is 24.3 Å². The average Bonchev–Trinajstić information content (AvgIpc) is 2.92. The summed E-state index contributed by atoms with van der Waals surface area (Å²) in [7, 11) is -2.97. The zero-order valence-corrected chi connectivity index (χ0v) is 15.8. The molecule has 1 N–H and O–H groups in total. The van der Waals surface area contributed by atoms with Crippen LogP contribution in [0, 0.1) is 11.8 Å². The number of anilines is 1. The Hall–Kier alpha value is -2.14. The fourth-order valence-corrected chi connectivity index (χ4v) is 4.79. The number of hydrogen-bond acceptors (Lipinski definition) is 3. The van der Waals surface area contributed by atoms with Crippen molar-refractivity contribution in [1.29, 1.82) is 0 Å². The first kappa shape index (κ1) is 19.6. The van der Waals surface area contributed by atoms with Crippen LogP contribution in [0.1, 0.15) is 31.9 Å². The SMILES string of the molecule is CCC#Cc1cc2c(NC3CCS(=O)(=O)CC3)cccc2n1CC(F)(F)F. The van der Waals surface area contributed by atoms with Crippen LogP contribution in [0.5, 0.6) is 0 Å². The highest BCUT2D eigenvalue weighted by Gasteiger charge is 2.30. The molecule has 27 heavy (non-hydrogen) atoms. The summed E-state index contributed by atoms with van der Waals surface area (Å²) in [5.74, 6) is 5.91. The number of fused-ring (bicyclic) bond motifs is 1. The van der Waals surface area contributed by atoms with Crippen molar-refractivity contribution < 1.29 is 21.6 Å². The summed E-state index contributed by atoms with van der Waals surface area (Å²) in [5.41, 5.74) is 1.49. The molecule has 0 atom stereocenters. The third-order valence-corrected chi connectivity index (χ3v) is 6.31. The molecule has 0 aliphatic carbocycles. The molecule has 3 rings (SSSR count). The van der Waals surface area contributed by atoms with Crippen molar-refractivity contribution >= 4 is 26.4 Å². The highest BCUT2D eigenvalue weighted by molar-refractivity contribution is 7.91. The lowest BCUT2D eigenvalue weighted by molar-refractivity contribution is -0.140. The van der Waals surface area contributed by atoms with Gasteiger partial charge in [0, 0.05) is 23.5 Å². The van der Waals surface area contributed by atoms with Gasteiger partial charge in [0.15, 0.2) is 0 Å². The molecule has 0 radical (unpaired) electrons. The van der Waals surface area contributed by atoms with Gasteiger partial charge in [-0.05, 0) is 37.0 Å². The van der Waals surface area contributed by atoms with Gasteiger partial charge in [-0.1, -0.05) is 18.9 Å². The summed E-state index contributed by atoms with van der Waals surface area (Å²) >= 11 is 0. The highest BCUT2D eigenvalue weighted by Crippen LogP contribution is 2.31. The minimum atomic E-state index is -4.35. The molecule has 0 unspecified atom stereocenters. The zero-order valence-electron chi connectivity index (χ0n) is 14.9. The van der Waals surface area contributed by atoms with Crippen molar-refractivity contribution in [2.45, 2.75) is 44.9 Å². The van der Waals surface area contributed by atoms with Gasteiger partial charge in [0.25, 0.3) is 0 Å². The molecule has 0 saturated carbocycles. The molecule has 1 aromatic heterocycles. The van der Waals surface area contributed by atoms with Gasteiger partial charge < -0.3 is 9.88 Å². The zero-order chi connectivity index (χ0) is 19.7. The molecule has 1 aliphatic heterocycles. The summed E-state index contributed by atoms with van der Waals surface area (Å²) in [6.07, 6.45) is -2.82. The van der Waals surface area contributed by atoms with E-state index in [-0.39, 0.29) is 17.5 Å². The summed E-state index contributed by atoms with van der Waals surface area (Å²) in [6, 6.07) is 6.81. The Morgan fingerprint density at radius 2 is 1.96 bits per heavy atom. The molecule has 1 aromatic carbocycles. The van der Waals surface area contributed by atoms with E-state index in [1.807, 2.05) is 6.92 Å². The van der Waals surface area contributed by atoms with Crippen LogP contribution in [0.15, 0.2) is 24.3 Å². The van der Waals surface area contributed by atoms with Crippen LogP contribution in [0.4, 0.5) is 18.9 Å². The van der Waals surface area contributed by atoms with Crippen LogP contribution in [-0.4, -0.2) is 36.7 Å². The number of halogens is 3. The smallest absolute Gasteiger partial charge is 0.382 e. The van der Waals surface area contributed by atoms with Gasteiger partial charge in [-0.25, -0.2) is 8.42 Å². The number of nitrogens with zero attached hydrogens (tertiary/aromatic N) is 1. The normalized spacial score (nSPS) is 17.5. The monoisotopic (exact) mass is 398 g/mol. The van der Waals surface area contributed by atoms with E-state index in [1.165, 1.54) is 4.57 Å². The van der Waals surface area contributed by atoms with Gasteiger partial charge in [-0.3, -0.25) is 0 Å². The summed E-state index contributed by atoms with van der Waals surface area (Å²) in [5, 5.41) is 3.98. The fraction of sp³-hybridized carbons (Fsp3) is 0.474. The van der Waals surface area contributed by atoms with Crippen LogP contribution in [0.2, 0.25) is 0 Å². The maximum absolute atomic E-state index is 13.1. The molecule has 2 heterocycles. The molecule has 146 valence electrons. The lowest BCUT2D eigenvalue weighted by Crippen LogP contribution is -2.32. The van der Waals surface area contributed by atoms with E-state index in [2.05, 4.69) is 17.2 Å². The molecule has 1 fully saturated rings. The van der Waals surface area contributed by atoms with Gasteiger partial charge in [0.1, 0.15) is 16.4 Å². The van der Waals surface area contributed by atoms with E-state index in [9.17, 15) is 21.6 Å².